The number of hydrogen-bond acceptors (Lipinski definition) is 9. The number of aromatic amines is 1. The third-order valence-corrected chi connectivity index (χ3v) is 12.0. The Morgan fingerprint density at radius 2 is 1.56 bits per heavy atom. The van der Waals surface area contributed by atoms with Gasteiger partial charge in [-0.25, -0.2) is 4.79 Å². The molecule has 0 fully saturated rings. The molecule has 0 aliphatic heterocycles. The van der Waals surface area contributed by atoms with E-state index in [4.69, 9.17) is 64.8 Å². The van der Waals surface area contributed by atoms with Gasteiger partial charge in [-0.15, -0.1) is 0 Å². The van der Waals surface area contributed by atoms with Crippen LogP contribution in [-0.2, 0) is 54.3 Å². The molecule has 3 atom stereocenters. The number of nitrogens with zero attached hydrogens (tertiary/aromatic N) is 2. The first-order valence-electron chi connectivity index (χ1n) is 21.2. The van der Waals surface area contributed by atoms with Crippen molar-refractivity contribution in [1.82, 2.24) is 20.1 Å². The maximum absolute atomic E-state index is 15.0. The molecule has 17 heteroatoms. The molecule has 5 rings (SSSR count). The van der Waals surface area contributed by atoms with Gasteiger partial charge in [-0.3, -0.25) is 14.5 Å². The molecule has 0 spiro atoms. The second-order valence-electron chi connectivity index (χ2n) is 15.5. The summed E-state index contributed by atoms with van der Waals surface area (Å²) in [6.45, 7) is 5.54. The first kappa shape index (κ1) is 49.5. The Bertz CT molecular complexity index is 2130. The fraction of sp³-hybridized carbons (Fsp3) is 0.478. The van der Waals surface area contributed by atoms with Gasteiger partial charge in [0, 0.05) is 43.2 Å². The summed E-state index contributed by atoms with van der Waals surface area (Å²) in [6, 6.07) is 18.2. The van der Waals surface area contributed by atoms with Gasteiger partial charge in [0.1, 0.15) is 23.9 Å². The lowest BCUT2D eigenvalue weighted by Crippen LogP contribution is -2.66. The van der Waals surface area contributed by atoms with Gasteiger partial charge >= 0.3 is 6.09 Å². The highest BCUT2D eigenvalue weighted by Crippen LogP contribution is 2.39. The van der Waals surface area contributed by atoms with Crippen LogP contribution in [0.2, 0.25) is 10.0 Å². The number of carbonyl (C=O) groups excluding carboxylic acids is 2. The molecule has 3 amide bonds. The average Bonchev–Trinajstić information content (AvgIpc) is 3.63. The minimum absolute atomic E-state index is 0.0526. The van der Waals surface area contributed by atoms with Crippen molar-refractivity contribution >= 4 is 69.2 Å². The molecular formula is C46H59Cl2N5O9S. The van der Waals surface area contributed by atoms with Crippen molar-refractivity contribution in [2.75, 3.05) is 67.0 Å². The third-order valence-electron chi connectivity index (χ3n) is 11.2. The zero-order valence-electron chi connectivity index (χ0n) is 36.2. The summed E-state index contributed by atoms with van der Waals surface area (Å²) in [7, 11) is 3.27. The molecule has 0 radical (unpaired) electrons. The van der Waals surface area contributed by atoms with Gasteiger partial charge in [-0.1, -0.05) is 91.2 Å². The van der Waals surface area contributed by atoms with E-state index in [2.05, 4.69) is 10.3 Å². The fourth-order valence-corrected chi connectivity index (χ4v) is 8.71. The van der Waals surface area contributed by atoms with Crippen LogP contribution in [0.4, 0.5) is 4.79 Å². The van der Waals surface area contributed by atoms with Crippen LogP contribution in [0.5, 0.6) is 5.75 Å². The number of thiocarbonyl (C=S) groups is 1. The number of ether oxygens (including phenoxy) is 5. The van der Waals surface area contributed by atoms with Crippen LogP contribution in [0.25, 0.3) is 10.9 Å². The molecule has 1 aromatic heterocycles. The van der Waals surface area contributed by atoms with Crippen LogP contribution >= 0.6 is 35.4 Å². The lowest BCUT2D eigenvalue weighted by Gasteiger charge is -2.42. The highest BCUT2D eigenvalue weighted by Gasteiger charge is 2.48. The van der Waals surface area contributed by atoms with Gasteiger partial charge in [0.05, 0.1) is 67.8 Å². The highest BCUT2D eigenvalue weighted by atomic mass is 35.5. The summed E-state index contributed by atoms with van der Waals surface area (Å²) in [5.41, 5.74) is 8.62. The van der Waals surface area contributed by atoms with Crippen molar-refractivity contribution in [2.45, 2.75) is 76.0 Å². The first-order valence-corrected chi connectivity index (χ1v) is 22.4. The minimum Gasteiger partial charge on any atom is -0.491 e. The Hall–Kier alpha value is -4.48. The van der Waals surface area contributed by atoms with Crippen molar-refractivity contribution in [2.24, 2.45) is 5.73 Å². The van der Waals surface area contributed by atoms with Crippen molar-refractivity contribution in [1.29, 1.82) is 0 Å². The molecule has 0 saturated heterocycles. The van der Waals surface area contributed by atoms with Crippen LogP contribution in [0.1, 0.15) is 55.0 Å². The number of benzene rings is 3. The van der Waals surface area contributed by atoms with E-state index >= 15 is 0 Å². The van der Waals surface area contributed by atoms with Gasteiger partial charge in [-0.05, 0) is 73.1 Å². The molecule has 0 bridgehead atoms. The van der Waals surface area contributed by atoms with Crippen LogP contribution in [0.3, 0.4) is 0 Å². The van der Waals surface area contributed by atoms with Crippen molar-refractivity contribution in [3.8, 4) is 5.75 Å². The summed E-state index contributed by atoms with van der Waals surface area (Å²) in [5.74, 6) is -0.345. The SMILES string of the molecule is CCCC(C(N)=S)N(C)C(=O)C1(NC(=O)[C@H](CCc2ccc(OCCOCCOCCOCCOC)cc2)N(Cc2ccccc2)C(=O)O)CCc2[nH]c3c(Cl)cc(Cl)cc3c2C1. The minimum atomic E-state index is -1.50. The Labute approximate surface area is 384 Å². The summed E-state index contributed by atoms with van der Waals surface area (Å²) in [6.07, 6.45) is 1.13. The lowest BCUT2D eigenvalue weighted by molar-refractivity contribution is -0.143. The number of likely N-dealkylation sites (N-methyl/N-ethyl adjacent to an activating group) is 1. The number of rotatable bonds is 26. The Morgan fingerprint density at radius 3 is 2.17 bits per heavy atom. The molecule has 1 heterocycles. The van der Waals surface area contributed by atoms with E-state index in [1.54, 1.807) is 26.3 Å². The van der Waals surface area contributed by atoms with E-state index < -0.39 is 29.6 Å². The summed E-state index contributed by atoms with van der Waals surface area (Å²) >= 11 is 18.5. The zero-order valence-corrected chi connectivity index (χ0v) is 38.5. The smallest absolute Gasteiger partial charge is 0.408 e. The van der Waals surface area contributed by atoms with E-state index in [1.165, 1.54) is 4.90 Å². The van der Waals surface area contributed by atoms with Gasteiger partial charge in [-0.2, -0.15) is 0 Å². The maximum Gasteiger partial charge on any atom is 0.408 e. The van der Waals surface area contributed by atoms with E-state index in [-0.39, 0.29) is 36.7 Å². The largest absolute Gasteiger partial charge is 0.491 e. The normalized spacial score (nSPS) is 15.6. The van der Waals surface area contributed by atoms with E-state index in [1.807, 2.05) is 61.5 Å². The standard InChI is InChI=1S/C46H59Cl2N5O9S/c1-4-8-39(42(49)63)52(2)44(55)46(18-17-38-36(29-46)35-27-33(47)28-37(48)41(35)50-38)51-43(54)40(53(45(56)57)30-32-9-6-5-7-10-32)16-13-31-11-14-34(15-12-31)62-26-25-61-24-23-60-22-21-59-20-19-58-3/h5-7,9-12,14-15,27-28,39-40,50H,4,8,13,16-26,29-30H2,1-3H3,(H2,49,63)(H,51,54)(H,56,57)/t39?,40-,46?/m0/s1. The van der Waals surface area contributed by atoms with Crippen molar-refractivity contribution in [3.63, 3.8) is 0 Å². The second-order valence-corrected chi connectivity index (χ2v) is 16.9. The van der Waals surface area contributed by atoms with Gasteiger partial charge < -0.3 is 49.7 Å². The monoisotopic (exact) mass is 927 g/mol. The number of nitrogens with one attached hydrogen (secondary N) is 2. The van der Waals surface area contributed by atoms with Crippen molar-refractivity contribution < 1.29 is 43.2 Å². The second kappa shape index (κ2) is 24.5. The number of methoxy groups -OCH3 is 1. The number of carboxylic acid groups (broad SMARTS) is 1. The number of H-pyrrole nitrogens is 1. The number of fused-ring (bicyclic) bond motifs is 3. The maximum atomic E-state index is 15.0. The highest BCUT2D eigenvalue weighted by molar-refractivity contribution is 7.80. The van der Waals surface area contributed by atoms with Gasteiger partial charge in [0.2, 0.25) is 11.8 Å². The Balaban J connectivity index is 1.34. The average molecular weight is 929 g/mol. The fourth-order valence-electron chi connectivity index (χ4n) is 7.89. The number of amides is 3. The number of nitrogens with two attached hydrogens (primary N) is 1. The summed E-state index contributed by atoms with van der Waals surface area (Å²) in [5, 5.41) is 15.4. The van der Waals surface area contributed by atoms with Crippen LogP contribution in [-0.4, -0.2) is 127 Å². The van der Waals surface area contributed by atoms with E-state index in [0.717, 1.165) is 27.1 Å². The molecule has 1 aliphatic carbocycles. The molecule has 1 aliphatic rings. The first-order chi connectivity index (χ1) is 30.4. The topological polar surface area (TPSA) is 178 Å². The molecule has 342 valence electrons. The number of carbonyl (C=O) groups is 3. The lowest BCUT2D eigenvalue weighted by atomic mass is 9.78. The van der Waals surface area contributed by atoms with Crippen LogP contribution in [0, 0.1) is 0 Å². The summed E-state index contributed by atoms with van der Waals surface area (Å²) in [4.78, 5) is 49.3. The van der Waals surface area contributed by atoms with E-state index in [0.29, 0.717) is 105 Å². The number of aryl methyl sites for hydroxylation is 2. The molecule has 14 nitrogen and oxygen atoms in total. The molecule has 5 N–H and O–H groups in total. The van der Waals surface area contributed by atoms with Crippen molar-refractivity contribution in [3.05, 3.63) is 99.2 Å². The molecule has 0 saturated carbocycles. The molecule has 2 unspecified atom stereocenters. The van der Waals surface area contributed by atoms with Gasteiger partial charge in [0.25, 0.3) is 0 Å². The molecule has 3 aromatic carbocycles. The molecule has 63 heavy (non-hydrogen) atoms. The number of halogens is 2. The van der Waals surface area contributed by atoms with Crippen LogP contribution in [0.15, 0.2) is 66.7 Å². The number of aromatic nitrogens is 1. The zero-order chi connectivity index (χ0) is 45.4. The Morgan fingerprint density at radius 1 is 0.905 bits per heavy atom. The van der Waals surface area contributed by atoms with Gasteiger partial charge in [0.15, 0.2) is 0 Å². The predicted octanol–water partition coefficient (Wildman–Crippen LogP) is 6.99. The Kier molecular flexibility index (Phi) is 19.3. The quantitative estimate of drug-likeness (QED) is 0.0377. The molecular weight excluding hydrogens is 870 g/mol. The third kappa shape index (κ3) is 13.8. The predicted molar refractivity (Wildman–Crippen MR) is 248 cm³/mol. The summed E-state index contributed by atoms with van der Waals surface area (Å²) < 4.78 is 27.3. The van der Waals surface area contributed by atoms with Crippen LogP contribution < -0.4 is 15.8 Å². The van der Waals surface area contributed by atoms with E-state index in [9.17, 15) is 19.5 Å². The number of hydrogen-bond donors (Lipinski definition) is 4. The molecule has 4 aromatic rings.